The van der Waals surface area contributed by atoms with Crippen molar-refractivity contribution >= 4 is 22.2 Å². The molecule has 0 atom stereocenters. The number of hydrogen-bond donors (Lipinski definition) is 2. The molecule has 2 heterocycles. The van der Waals surface area contributed by atoms with Crippen molar-refractivity contribution in [3.63, 3.8) is 0 Å². The average molecular weight is 313 g/mol. The second-order valence-electron chi connectivity index (χ2n) is 4.65. The number of halogens is 1. The largest absolute Gasteiger partial charge is 0.390 e. The van der Waals surface area contributed by atoms with Crippen LogP contribution in [0.1, 0.15) is 10.4 Å². The predicted octanol–water partition coefficient (Wildman–Crippen LogP) is 3.30. The fourth-order valence-corrected chi connectivity index (χ4v) is 3.39. The Bertz CT molecular complexity index is 829. The number of primary amides is 1. The standard InChI is InChI=1S/C16H12FN3OS/c17-11-3-1-9(2-4-11)12-13(15(18)21)16(19)22-14(12)10-5-7-20-8-6-10/h1-8H,19H2,(H2,18,21). The molecule has 2 aromatic heterocycles. The molecule has 0 radical (unpaired) electrons. The number of carbonyl (C=O) groups excluding carboxylic acids is 1. The van der Waals surface area contributed by atoms with E-state index in [4.69, 9.17) is 11.5 Å². The van der Waals surface area contributed by atoms with Crippen molar-refractivity contribution in [1.29, 1.82) is 0 Å². The van der Waals surface area contributed by atoms with Crippen molar-refractivity contribution in [2.24, 2.45) is 5.73 Å². The summed E-state index contributed by atoms with van der Waals surface area (Å²) in [6, 6.07) is 9.53. The molecule has 6 heteroatoms. The molecule has 0 saturated heterocycles. The van der Waals surface area contributed by atoms with Crippen LogP contribution in [-0.2, 0) is 0 Å². The Morgan fingerprint density at radius 2 is 1.68 bits per heavy atom. The first-order valence-corrected chi connectivity index (χ1v) is 7.28. The molecular formula is C16H12FN3OS. The smallest absolute Gasteiger partial charge is 0.252 e. The van der Waals surface area contributed by atoms with Gasteiger partial charge in [0.1, 0.15) is 5.82 Å². The third-order valence-corrected chi connectivity index (χ3v) is 4.33. The molecule has 110 valence electrons. The first-order valence-electron chi connectivity index (χ1n) is 6.46. The molecule has 1 aromatic carbocycles. The minimum Gasteiger partial charge on any atom is -0.390 e. The molecule has 22 heavy (non-hydrogen) atoms. The molecular weight excluding hydrogens is 301 g/mol. The number of hydrogen-bond acceptors (Lipinski definition) is 4. The summed E-state index contributed by atoms with van der Waals surface area (Å²) < 4.78 is 13.2. The molecule has 4 nitrogen and oxygen atoms in total. The van der Waals surface area contributed by atoms with Gasteiger partial charge in [-0.05, 0) is 35.4 Å². The number of pyridine rings is 1. The molecule has 0 unspecified atom stereocenters. The lowest BCUT2D eigenvalue weighted by Gasteiger charge is -2.07. The maximum absolute atomic E-state index is 13.2. The van der Waals surface area contributed by atoms with Gasteiger partial charge in [-0.3, -0.25) is 9.78 Å². The van der Waals surface area contributed by atoms with Crippen LogP contribution in [0.4, 0.5) is 9.39 Å². The summed E-state index contributed by atoms with van der Waals surface area (Å²) in [4.78, 5) is 16.6. The second kappa shape index (κ2) is 5.57. The van der Waals surface area contributed by atoms with E-state index in [1.54, 1.807) is 24.5 Å². The highest BCUT2D eigenvalue weighted by atomic mass is 32.1. The Labute approximate surface area is 130 Å². The van der Waals surface area contributed by atoms with Crippen LogP contribution in [0.5, 0.6) is 0 Å². The monoisotopic (exact) mass is 313 g/mol. The van der Waals surface area contributed by atoms with Crippen LogP contribution in [0, 0.1) is 5.82 Å². The van der Waals surface area contributed by atoms with Crippen LogP contribution in [0.2, 0.25) is 0 Å². The van der Waals surface area contributed by atoms with Crippen LogP contribution in [-0.4, -0.2) is 10.9 Å². The highest BCUT2D eigenvalue weighted by molar-refractivity contribution is 7.20. The van der Waals surface area contributed by atoms with Gasteiger partial charge in [-0.15, -0.1) is 11.3 Å². The zero-order valence-electron chi connectivity index (χ0n) is 11.4. The van der Waals surface area contributed by atoms with Crippen molar-refractivity contribution in [1.82, 2.24) is 4.98 Å². The predicted molar refractivity (Wildman–Crippen MR) is 85.9 cm³/mol. The minimum absolute atomic E-state index is 0.267. The summed E-state index contributed by atoms with van der Waals surface area (Å²) in [6.07, 6.45) is 3.31. The minimum atomic E-state index is -0.603. The van der Waals surface area contributed by atoms with Gasteiger partial charge >= 0.3 is 0 Å². The van der Waals surface area contributed by atoms with E-state index >= 15 is 0 Å². The molecule has 0 saturated carbocycles. The van der Waals surface area contributed by atoms with Gasteiger partial charge < -0.3 is 11.5 Å². The molecule has 0 aliphatic heterocycles. The van der Waals surface area contributed by atoms with Crippen molar-refractivity contribution in [3.8, 4) is 21.6 Å². The highest BCUT2D eigenvalue weighted by Crippen LogP contribution is 2.44. The summed E-state index contributed by atoms with van der Waals surface area (Å²) in [5, 5.41) is 0.346. The molecule has 0 aliphatic carbocycles. The third kappa shape index (κ3) is 2.44. The number of benzene rings is 1. The highest BCUT2D eigenvalue weighted by Gasteiger charge is 2.22. The second-order valence-corrected chi connectivity index (χ2v) is 5.70. The number of nitrogens with two attached hydrogens (primary N) is 2. The topological polar surface area (TPSA) is 82.0 Å². The lowest BCUT2D eigenvalue weighted by atomic mass is 9.98. The molecule has 3 rings (SSSR count). The van der Waals surface area contributed by atoms with Gasteiger partial charge in [0.05, 0.1) is 10.6 Å². The molecule has 0 fully saturated rings. The molecule has 0 spiro atoms. The van der Waals surface area contributed by atoms with Crippen LogP contribution >= 0.6 is 11.3 Å². The summed E-state index contributed by atoms with van der Waals surface area (Å²) in [5.74, 6) is -0.952. The maximum atomic E-state index is 13.2. The summed E-state index contributed by atoms with van der Waals surface area (Å²) in [5.41, 5.74) is 13.9. The van der Waals surface area contributed by atoms with Crippen molar-refractivity contribution < 1.29 is 9.18 Å². The summed E-state index contributed by atoms with van der Waals surface area (Å²) >= 11 is 1.28. The van der Waals surface area contributed by atoms with E-state index in [-0.39, 0.29) is 11.4 Å². The number of thiophene rings is 1. The van der Waals surface area contributed by atoms with Crippen molar-refractivity contribution in [2.45, 2.75) is 0 Å². The van der Waals surface area contributed by atoms with Crippen LogP contribution < -0.4 is 11.5 Å². The van der Waals surface area contributed by atoms with E-state index in [9.17, 15) is 9.18 Å². The number of aromatic nitrogens is 1. The number of nitrogen functional groups attached to an aromatic ring is 1. The Hall–Kier alpha value is -2.73. The van der Waals surface area contributed by atoms with E-state index in [1.807, 2.05) is 12.1 Å². The van der Waals surface area contributed by atoms with Crippen LogP contribution in [0.3, 0.4) is 0 Å². The first kappa shape index (κ1) is 14.2. The van der Waals surface area contributed by atoms with Crippen LogP contribution in [0.15, 0.2) is 48.8 Å². The normalized spacial score (nSPS) is 10.6. The SMILES string of the molecule is NC(=O)c1c(N)sc(-c2ccncc2)c1-c1ccc(F)cc1. The Balaban J connectivity index is 2.30. The molecule has 4 N–H and O–H groups in total. The van der Waals surface area contributed by atoms with Gasteiger partial charge in [0, 0.05) is 22.8 Å². The Morgan fingerprint density at radius 3 is 2.27 bits per heavy atom. The molecule has 3 aromatic rings. The number of anilines is 1. The van der Waals surface area contributed by atoms with Gasteiger partial charge in [-0.1, -0.05) is 12.1 Å². The number of rotatable bonds is 3. The van der Waals surface area contributed by atoms with E-state index in [2.05, 4.69) is 4.98 Å². The van der Waals surface area contributed by atoms with E-state index in [0.717, 1.165) is 10.4 Å². The van der Waals surface area contributed by atoms with Gasteiger partial charge in [0.25, 0.3) is 5.91 Å². The number of nitrogens with zero attached hydrogens (tertiary/aromatic N) is 1. The Kier molecular flexibility index (Phi) is 3.60. The van der Waals surface area contributed by atoms with Gasteiger partial charge in [0.15, 0.2) is 0 Å². The summed E-state index contributed by atoms with van der Waals surface area (Å²) in [7, 11) is 0. The lowest BCUT2D eigenvalue weighted by molar-refractivity contribution is 0.100. The van der Waals surface area contributed by atoms with E-state index < -0.39 is 5.91 Å². The Morgan fingerprint density at radius 1 is 1.05 bits per heavy atom. The fraction of sp³-hybridized carbons (Fsp3) is 0. The zero-order chi connectivity index (χ0) is 15.7. The molecule has 1 amide bonds. The van der Waals surface area contributed by atoms with Crippen LogP contribution in [0.25, 0.3) is 21.6 Å². The summed E-state index contributed by atoms with van der Waals surface area (Å²) in [6.45, 7) is 0. The van der Waals surface area contributed by atoms with Crippen molar-refractivity contribution in [2.75, 3.05) is 5.73 Å². The first-order chi connectivity index (χ1) is 10.6. The van der Waals surface area contributed by atoms with Gasteiger partial charge in [-0.2, -0.15) is 0 Å². The molecule has 0 bridgehead atoms. The zero-order valence-corrected chi connectivity index (χ0v) is 12.2. The average Bonchev–Trinajstić information content (AvgIpc) is 2.86. The lowest BCUT2D eigenvalue weighted by Crippen LogP contribution is -2.13. The molecule has 0 aliphatic rings. The number of carbonyl (C=O) groups is 1. The van der Waals surface area contributed by atoms with Gasteiger partial charge in [-0.25, -0.2) is 4.39 Å². The number of amides is 1. The van der Waals surface area contributed by atoms with E-state index in [1.165, 1.54) is 23.5 Å². The van der Waals surface area contributed by atoms with E-state index in [0.29, 0.717) is 16.1 Å². The quantitative estimate of drug-likeness (QED) is 0.778. The maximum Gasteiger partial charge on any atom is 0.252 e. The third-order valence-electron chi connectivity index (χ3n) is 3.26. The van der Waals surface area contributed by atoms with Gasteiger partial charge in [0.2, 0.25) is 0 Å². The van der Waals surface area contributed by atoms with Crippen molar-refractivity contribution in [3.05, 3.63) is 60.2 Å². The fourth-order valence-electron chi connectivity index (χ4n) is 2.29.